The lowest BCUT2D eigenvalue weighted by molar-refractivity contribution is 0.0947. The van der Waals surface area contributed by atoms with Crippen molar-refractivity contribution in [3.05, 3.63) is 82.3 Å². The van der Waals surface area contributed by atoms with Crippen LogP contribution in [0.25, 0.3) is 11.3 Å². The number of amides is 1. The van der Waals surface area contributed by atoms with Gasteiger partial charge in [-0.25, -0.2) is 4.39 Å². The molecule has 0 atom stereocenters. The Labute approximate surface area is 141 Å². The van der Waals surface area contributed by atoms with Crippen molar-refractivity contribution in [1.82, 2.24) is 5.32 Å². The van der Waals surface area contributed by atoms with Crippen LogP contribution in [0.15, 0.2) is 69.6 Å². The molecule has 0 saturated carbocycles. The molecule has 0 unspecified atom stereocenters. The molecule has 1 heterocycles. The lowest BCUT2D eigenvalue weighted by Gasteiger charge is -2.03. The van der Waals surface area contributed by atoms with Crippen LogP contribution in [0.5, 0.6) is 0 Å². The number of rotatable bonds is 4. The van der Waals surface area contributed by atoms with Crippen LogP contribution in [-0.4, -0.2) is 5.91 Å². The standard InChI is InChI=1S/C18H13BrFNO2/c19-14-6-4-12(5-7-14)17-9-8-16(23-17)11-21-18(22)13-2-1-3-15(20)10-13/h1-10H,11H2,(H,21,22). The molecule has 5 heteroatoms. The normalized spacial score (nSPS) is 10.5. The number of halogens is 2. The third kappa shape index (κ3) is 3.87. The van der Waals surface area contributed by atoms with E-state index in [0.29, 0.717) is 5.76 Å². The number of carbonyl (C=O) groups excluding carboxylic acids is 1. The zero-order valence-electron chi connectivity index (χ0n) is 12.1. The molecule has 116 valence electrons. The Morgan fingerprint density at radius 3 is 2.61 bits per heavy atom. The number of hydrogen-bond donors (Lipinski definition) is 1. The highest BCUT2D eigenvalue weighted by molar-refractivity contribution is 9.10. The highest BCUT2D eigenvalue weighted by Gasteiger charge is 2.09. The minimum atomic E-state index is -0.437. The van der Waals surface area contributed by atoms with Crippen LogP contribution in [0, 0.1) is 5.82 Å². The average Bonchev–Trinajstić information content (AvgIpc) is 3.02. The smallest absolute Gasteiger partial charge is 0.251 e. The Morgan fingerprint density at radius 1 is 1.09 bits per heavy atom. The van der Waals surface area contributed by atoms with Crippen LogP contribution in [0.1, 0.15) is 16.1 Å². The summed E-state index contributed by atoms with van der Waals surface area (Å²) in [4.78, 5) is 12.0. The Morgan fingerprint density at radius 2 is 1.87 bits per heavy atom. The molecule has 3 rings (SSSR count). The highest BCUT2D eigenvalue weighted by atomic mass is 79.9. The van der Waals surface area contributed by atoms with E-state index in [1.54, 1.807) is 6.07 Å². The predicted molar refractivity (Wildman–Crippen MR) is 89.4 cm³/mol. The van der Waals surface area contributed by atoms with Gasteiger partial charge >= 0.3 is 0 Å². The Balaban J connectivity index is 1.65. The first-order valence-corrected chi connectivity index (χ1v) is 7.79. The van der Waals surface area contributed by atoms with Crippen LogP contribution < -0.4 is 5.32 Å². The van der Waals surface area contributed by atoms with E-state index in [1.165, 1.54) is 18.2 Å². The van der Waals surface area contributed by atoms with Gasteiger partial charge in [0.25, 0.3) is 5.91 Å². The second kappa shape index (κ2) is 6.79. The van der Waals surface area contributed by atoms with E-state index < -0.39 is 5.82 Å². The molecule has 3 aromatic rings. The summed E-state index contributed by atoms with van der Waals surface area (Å²) in [6, 6.07) is 17.0. The predicted octanol–water partition coefficient (Wildman–Crippen LogP) is 4.78. The van der Waals surface area contributed by atoms with Gasteiger partial charge in [-0.2, -0.15) is 0 Å². The Kier molecular flexibility index (Phi) is 4.57. The molecule has 0 spiro atoms. The lowest BCUT2D eigenvalue weighted by Crippen LogP contribution is -2.22. The van der Waals surface area contributed by atoms with Gasteiger partial charge in [-0.15, -0.1) is 0 Å². The third-order valence-electron chi connectivity index (χ3n) is 3.30. The van der Waals surface area contributed by atoms with E-state index in [1.807, 2.05) is 36.4 Å². The molecule has 2 aromatic carbocycles. The topological polar surface area (TPSA) is 42.2 Å². The van der Waals surface area contributed by atoms with Crippen molar-refractivity contribution >= 4 is 21.8 Å². The van der Waals surface area contributed by atoms with Gasteiger partial charge in [0, 0.05) is 15.6 Å². The maximum atomic E-state index is 13.1. The summed E-state index contributed by atoms with van der Waals surface area (Å²) in [6.45, 7) is 0.242. The van der Waals surface area contributed by atoms with Crippen LogP contribution in [0.4, 0.5) is 4.39 Å². The van der Waals surface area contributed by atoms with Crippen LogP contribution in [0.3, 0.4) is 0 Å². The van der Waals surface area contributed by atoms with Crippen LogP contribution in [-0.2, 0) is 6.54 Å². The average molecular weight is 374 g/mol. The summed E-state index contributed by atoms with van der Waals surface area (Å²) in [5.41, 5.74) is 1.24. The van der Waals surface area contributed by atoms with E-state index in [0.717, 1.165) is 15.8 Å². The number of benzene rings is 2. The highest BCUT2D eigenvalue weighted by Crippen LogP contribution is 2.24. The number of hydrogen-bond acceptors (Lipinski definition) is 2. The molecule has 3 nitrogen and oxygen atoms in total. The maximum Gasteiger partial charge on any atom is 0.251 e. The van der Waals surface area contributed by atoms with Crippen molar-refractivity contribution in [1.29, 1.82) is 0 Å². The van der Waals surface area contributed by atoms with Gasteiger partial charge in [-0.05, 0) is 42.5 Å². The SMILES string of the molecule is O=C(NCc1ccc(-c2ccc(Br)cc2)o1)c1cccc(F)c1. The van der Waals surface area contributed by atoms with Crippen molar-refractivity contribution in [3.8, 4) is 11.3 Å². The molecular weight excluding hydrogens is 361 g/mol. The summed E-state index contributed by atoms with van der Waals surface area (Å²) < 4.78 is 19.8. The van der Waals surface area contributed by atoms with E-state index in [9.17, 15) is 9.18 Å². The van der Waals surface area contributed by atoms with Gasteiger partial charge in [-0.1, -0.05) is 34.1 Å². The van der Waals surface area contributed by atoms with Crippen LogP contribution >= 0.6 is 15.9 Å². The van der Waals surface area contributed by atoms with Crippen molar-refractivity contribution in [2.45, 2.75) is 6.54 Å². The minimum Gasteiger partial charge on any atom is -0.459 e. The molecule has 0 saturated heterocycles. The maximum absolute atomic E-state index is 13.1. The first-order valence-electron chi connectivity index (χ1n) is 7.00. The van der Waals surface area contributed by atoms with E-state index in [2.05, 4.69) is 21.2 Å². The van der Waals surface area contributed by atoms with Gasteiger partial charge in [0.05, 0.1) is 6.54 Å². The van der Waals surface area contributed by atoms with Gasteiger partial charge < -0.3 is 9.73 Å². The number of nitrogens with one attached hydrogen (secondary N) is 1. The molecule has 0 aliphatic rings. The molecule has 0 bridgehead atoms. The Hall–Kier alpha value is -2.40. The summed E-state index contributed by atoms with van der Waals surface area (Å²) in [6.07, 6.45) is 0. The molecule has 0 fully saturated rings. The molecule has 23 heavy (non-hydrogen) atoms. The van der Waals surface area contributed by atoms with E-state index in [-0.39, 0.29) is 18.0 Å². The summed E-state index contributed by atoms with van der Waals surface area (Å²) in [5.74, 6) is 0.583. The van der Waals surface area contributed by atoms with Crippen molar-refractivity contribution in [3.63, 3.8) is 0 Å². The van der Waals surface area contributed by atoms with Crippen molar-refractivity contribution < 1.29 is 13.6 Å². The number of furan rings is 1. The van der Waals surface area contributed by atoms with Gasteiger partial charge in [0.15, 0.2) is 0 Å². The molecule has 0 radical (unpaired) electrons. The van der Waals surface area contributed by atoms with E-state index in [4.69, 9.17) is 4.42 Å². The molecule has 1 amide bonds. The summed E-state index contributed by atoms with van der Waals surface area (Å²) in [5, 5.41) is 2.71. The third-order valence-corrected chi connectivity index (χ3v) is 3.83. The monoisotopic (exact) mass is 373 g/mol. The van der Waals surface area contributed by atoms with Crippen molar-refractivity contribution in [2.75, 3.05) is 0 Å². The molecule has 1 N–H and O–H groups in total. The summed E-state index contributed by atoms with van der Waals surface area (Å²) in [7, 11) is 0. The second-order valence-corrected chi connectivity index (χ2v) is 5.88. The zero-order valence-corrected chi connectivity index (χ0v) is 13.6. The largest absolute Gasteiger partial charge is 0.459 e. The van der Waals surface area contributed by atoms with Gasteiger partial charge in [-0.3, -0.25) is 4.79 Å². The minimum absolute atomic E-state index is 0.242. The van der Waals surface area contributed by atoms with E-state index >= 15 is 0 Å². The lowest BCUT2D eigenvalue weighted by atomic mass is 10.2. The number of carbonyl (C=O) groups is 1. The van der Waals surface area contributed by atoms with Gasteiger partial charge in [0.2, 0.25) is 0 Å². The fourth-order valence-electron chi connectivity index (χ4n) is 2.14. The summed E-state index contributed by atoms with van der Waals surface area (Å²) >= 11 is 3.39. The van der Waals surface area contributed by atoms with Crippen LogP contribution in [0.2, 0.25) is 0 Å². The molecule has 0 aliphatic heterocycles. The fraction of sp³-hybridized carbons (Fsp3) is 0.0556. The fourth-order valence-corrected chi connectivity index (χ4v) is 2.41. The zero-order chi connectivity index (χ0) is 16.2. The van der Waals surface area contributed by atoms with Gasteiger partial charge in [0.1, 0.15) is 17.3 Å². The first-order chi connectivity index (χ1) is 11.1. The quantitative estimate of drug-likeness (QED) is 0.714. The van der Waals surface area contributed by atoms with Crippen molar-refractivity contribution in [2.24, 2.45) is 0 Å². The molecule has 0 aliphatic carbocycles. The molecular formula is C18H13BrFNO2. The molecule has 1 aromatic heterocycles. The first kappa shape index (κ1) is 15.5. The second-order valence-electron chi connectivity index (χ2n) is 4.97. The Bertz CT molecular complexity index is 827.